The third-order valence-corrected chi connectivity index (χ3v) is 6.21. The fourth-order valence-corrected chi connectivity index (χ4v) is 4.38. The maximum atomic E-state index is 13.0. The molecule has 31 heavy (non-hydrogen) atoms. The fraction of sp³-hybridized carbons (Fsp3) is 0.400. The van der Waals surface area contributed by atoms with E-state index in [9.17, 15) is 20.1 Å². The quantitative estimate of drug-likeness (QED) is 0.587. The first-order valence-electron chi connectivity index (χ1n) is 10.5. The van der Waals surface area contributed by atoms with Gasteiger partial charge >= 0.3 is 0 Å². The Labute approximate surface area is 181 Å². The summed E-state index contributed by atoms with van der Waals surface area (Å²) < 4.78 is 12.5. The molecule has 0 amide bonds. The lowest BCUT2D eigenvalue weighted by atomic mass is 9.78. The average molecular weight is 424 g/mol. The van der Waals surface area contributed by atoms with Gasteiger partial charge in [0.1, 0.15) is 46.0 Å². The topological polar surface area (TPSA) is 96.2 Å². The largest absolute Gasteiger partial charge is 0.508 e. The summed E-state index contributed by atoms with van der Waals surface area (Å²) in [6, 6.07) is 5.71. The van der Waals surface area contributed by atoms with Gasteiger partial charge in [-0.2, -0.15) is 0 Å². The number of hydrogen-bond acceptors (Lipinski definition) is 6. The van der Waals surface area contributed by atoms with Crippen LogP contribution in [-0.2, 0) is 6.42 Å². The third-order valence-electron chi connectivity index (χ3n) is 6.21. The van der Waals surface area contributed by atoms with Crippen molar-refractivity contribution in [1.82, 2.24) is 0 Å². The van der Waals surface area contributed by atoms with Crippen LogP contribution in [0.3, 0.4) is 0 Å². The number of allylic oxidation sites excluding steroid dienone is 2. The Hall–Kier alpha value is -3.15. The predicted octanol–water partition coefficient (Wildman–Crippen LogP) is 5.20. The molecule has 6 nitrogen and oxygen atoms in total. The van der Waals surface area contributed by atoms with Crippen LogP contribution >= 0.6 is 0 Å². The van der Waals surface area contributed by atoms with Crippen LogP contribution in [0.25, 0.3) is 0 Å². The van der Waals surface area contributed by atoms with Gasteiger partial charge in [0, 0.05) is 29.2 Å². The SMILES string of the molecule is CC(C)=CC[C@@H]1Cc2c(cc(O)c3c2O[C@H](c2ccc(O)cc2O)CC3=O)OC1(C)C. The first-order chi connectivity index (χ1) is 14.6. The Balaban J connectivity index is 1.78. The van der Waals surface area contributed by atoms with Gasteiger partial charge in [-0.05, 0) is 52.7 Å². The van der Waals surface area contributed by atoms with E-state index in [0.717, 1.165) is 12.0 Å². The number of Topliss-reactive ketones (excluding diaryl/α,β-unsaturated/α-hetero) is 1. The molecule has 2 heterocycles. The molecular formula is C25H28O6. The van der Waals surface area contributed by atoms with Crippen LogP contribution in [0.2, 0.25) is 0 Å². The van der Waals surface area contributed by atoms with E-state index in [1.165, 1.54) is 23.8 Å². The molecule has 164 valence electrons. The van der Waals surface area contributed by atoms with Gasteiger partial charge in [-0.25, -0.2) is 0 Å². The number of carbonyl (C=O) groups excluding carboxylic acids is 1. The van der Waals surface area contributed by atoms with Crippen LogP contribution in [0, 0.1) is 5.92 Å². The van der Waals surface area contributed by atoms with E-state index in [1.54, 1.807) is 6.07 Å². The number of aromatic hydroxyl groups is 3. The molecular weight excluding hydrogens is 396 g/mol. The minimum atomic E-state index is -0.724. The first kappa shape index (κ1) is 21.1. The van der Waals surface area contributed by atoms with Gasteiger partial charge in [-0.15, -0.1) is 0 Å². The Morgan fingerprint density at radius 1 is 1.13 bits per heavy atom. The van der Waals surface area contributed by atoms with Crippen LogP contribution in [0.5, 0.6) is 28.7 Å². The lowest BCUT2D eigenvalue weighted by Gasteiger charge is -2.41. The average Bonchev–Trinajstić information content (AvgIpc) is 2.65. The normalized spacial score (nSPS) is 21.4. The highest BCUT2D eigenvalue weighted by molar-refractivity contribution is 6.03. The molecule has 2 aromatic rings. The zero-order valence-corrected chi connectivity index (χ0v) is 18.2. The molecule has 0 aliphatic carbocycles. The van der Waals surface area contributed by atoms with Crippen molar-refractivity contribution in [2.75, 3.05) is 0 Å². The summed E-state index contributed by atoms with van der Waals surface area (Å²) >= 11 is 0. The molecule has 2 atom stereocenters. The molecule has 0 spiro atoms. The van der Waals surface area contributed by atoms with Crippen LogP contribution in [0.15, 0.2) is 35.9 Å². The molecule has 0 unspecified atom stereocenters. The molecule has 0 saturated heterocycles. The van der Waals surface area contributed by atoms with E-state index in [-0.39, 0.29) is 40.9 Å². The van der Waals surface area contributed by atoms with Crippen LogP contribution < -0.4 is 9.47 Å². The standard InChI is InChI=1S/C25H28O6/c1-13(2)5-6-14-9-17-22(31-25(14,3)4)12-20(29)23-19(28)11-21(30-24(17)23)16-8-7-15(26)10-18(16)27/h5,7-8,10,12,14,21,26-27,29H,6,9,11H2,1-4H3/t14-,21+/m1/s1. The maximum absolute atomic E-state index is 13.0. The highest BCUT2D eigenvalue weighted by atomic mass is 16.5. The summed E-state index contributed by atoms with van der Waals surface area (Å²) in [5, 5.41) is 30.4. The first-order valence-corrected chi connectivity index (χ1v) is 10.5. The smallest absolute Gasteiger partial charge is 0.174 e. The van der Waals surface area contributed by atoms with Gasteiger partial charge in [0.05, 0.1) is 6.42 Å². The number of phenols is 3. The number of ketones is 1. The lowest BCUT2D eigenvalue weighted by molar-refractivity contribution is 0.0255. The molecule has 3 N–H and O–H groups in total. The lowest BCUT2D eigenvalue weighted by Crippen LogP contribution is -2.42. The Bertz CT molecular complexity index is 1080. The molecule has 0 fully saturated rings. The summed E-state index contributed by atoms with van der Waals surface area (Å²) in [6.07, 6.45) is 2.89. The molecule has 2 aromatic carbocycles. The minimum Gasteiger partial charge on any atom is -0.508 e. The number of ether oxygens (including phenoxy) is 2. The summed E-state index contributed by atoms with van der Waals surface area (Å²) in [4.78, 5) is 13.0. The van der Waals surface area contributed by atoms with Crippen molar-refractivity contribution in [3.63, 3.8) is 0 Å². The van der Waals surface area contributed by atoms with Gasteiger partial charge < -0.3 is 24.8 Å². The number of rotatable bonds is 3. The second-order valence-electron chi connectivity index (χ2n) is 9.18. The number of phenolic OH excluding ortho intramolecular Hbond substituents is 3. The molecule has 0 saturated carbocycles. The van der Waals surface area contributed by atoms with Crippen molar-refractivity contribution >= 4 is 5.78 Å². The summed E-state index contributed by atoms with van der Waals surface area (Å²) in [5.41, 5.74) is 2.11. The maximum Gasteiger partial charge on any atom is 0.174 e. The monoisotopic (exact) mass is 424 g/mol. The molecule has 4 rings (SSSR count). The highest BCUT2D eigenvalue weighted by Gasteiger charge is 2.42. The molecule has 2 aliphatic rings. The van der Waals surface area contributed by atoms with Crippen molar-refractivity contribution in [2.45, 2.75) is 58.7 Å². The van der Waals surface area contributed by atoms with Crippen molar-refractivity contribution in [2.24, 2.45) is 5.92 Å². The van der Waals surface area contributed by atoms with E-state index in [2.05, 4.69) is 19.9 Å². The van der Waals surface area contributed by atoms with Crippen molar-refractivity contribution < 1.29 is 29.6 Å². The third kappa shape index (κ3) is 3.82. The minimum absolute atomic E-state index is 0.0226. The van der Waals surface area contributed by atoms with E-state index in [1.807, 2.05) is 13.8 Å². The highest BCUT2D eigenvalue weighted by Crippen LogP contribution is 2.51. The van der Waals surface area contributed by atoms with E-state index in [0.29, 0.717) is 23.5 Å². The number of carbonyl (C=O) groups is 1. The zero-order valence-electron chi connectivity index (χ0n) is 18.2. The Morgan fingerprint density at radius 2 is 1.87 bits per heavy atom. The summed E-state index contributed by atoms with van der Waals surface area (Å²) in [5.74, 6) is 0.352. The second-order valence-corrected chi connectivity index (χ2v) is 9.18. The van der Waals surface area contributed by atoms with E-state index >= 15 is 0 Å². The van der Waals surface area contributed by atoms with Crippen LogP contribution in [0.1, 0.15) is 68.1 Å². The van der Waals surface area contributed by atoms with Gasteiger partial charge in [0.2, 0.25) is 0 Å². The molecule has 0 radical (unpaired) electrons. The number of benzene rings is 2. The van der Waals surface area contributed by atoms with Crippen molar-refractivity contribution in [1.29, 1.82) is 0 Å². The van der Waals surface area contributed by atoms with E-state index < -0.39 is 11.7 Å². The Kier molecular flexibility index (Phi) is 5.12. The number of hydrogen-bond donors (Lipinski definition) is 3. The molecule has 0 bridgehead atoms. The van der Waals surface area contributed by atoms with Crippen LogP contribution in [0.4, 0.5) is 0 Å². The summed E-state index contributed by atoms with van der Waals surface area (Å²) in [6.45, 7) is 8.17. The molecule has 0 aromatic heterocycles. The van der Waals surface area contributed by atoms with E-state index in [4.69, 9.17) is 9.47 Å². The van der Waals surface area contributed by atoms with Crippen molar-refractivity contribution in [3.05, 3.63) is 52.6 Å². The second kappa shape index (κ2) is 7.52. The fourth-order valence-electron chi connectivity index (χ4n) is 4.38. The molecule has 6 heteroatoms. The zero-order chi connectivity index (χ0) is 22.5. The summed E-state index contributed by atoms with van der Waals surface area (Å²) in [7, 11) is 0. The van der Waals surface area contributed by atoms with Crippen molar-refractivity contribution in [3.8, 4) is 28.7 Å². The van der Waals surface area contributed by atoms with Gasteiger partial charge in [-0.1, -0.05) is 11.6 Å². The predicted molar refractivity (Wildman–Crippen MR) is 116 cm³/mol. The molecule has 2 aliphatic heterocycles. The van der Waals surface area contributed by atoms with Gasteiger partial charge in [0.25, 0.3) is 0 Å². The van der Waals surface area contributed by atoms with Gasteiger partial charge in [0.15, 0.2) is 5.78 Å². The van der Waals surface area contributed by atoms with Gasteiger partial charge in [-0.3, -0.25) is 4.79 Å². The Morgan fingerprint density at radius 3 is 2.55 bits per heavy atom. The van der Waals surface area contributed by atoms with Crippen LogP contribution in [-0.4, -0.2) is 26.7 Å². The number of fused-ring (bicyclic) bond motifs is 3.